The topological polar surface area (TPSA) is 92.7 Å². The number of aliphatic carboxylic acids is 1. The van der Waals surface area contributed by atoms with E-state index in [4.69, 9.17) is 4.74 Å². The lowest BCUT2D eigenvalue weighted by atomic mass is 10.0. The van der Waals surface area contributed by atoms with Crippen molar-refractivity contribution in [3.63, 3.8) is 0 Å². The predicted octanol–water partition coefficient (Wildman–Crippen LogP) is 0.832. The van der Waals surface area contributed by atoms with Crippen LogP contribution in [0.3, 0.4) is 0 Å². The fourth-order valence-corrected chi connectivity index (χ4v) is 4.53. The van der Waals surface area contributed by atoms with Crippen LogP contribution in [0.1, 0.15) is 18.2 Å². The number of hydrogen-bond acceptors (Lipinski definition) is 5. The first-order valence-corrected chi connectivity index (χ1v) is 8.13. The maximum atomic E-state index is 12.2. The normalized spacial score (nSPS) is 23.6. The van der Waals surface area contributed by atoms with Crippen LogP contribution in [0.5, 0.6) is 0 Å². The first-order chi connectivity index (χ1) is 8.89. The van der Waals surface area contributed by atoms with Crippen molar-refractivity contribution in [2.24, 2.45) is 0 Å². The number of hydrogen-bond donors (Lipinski definition) is 2. The van der Waals surface area contributed by atoms with Gasteiger partial charge < -0.3 is 9.84 Å². The summed E-state index contributed by atoms with van der Waals surface area (Å²) in [4.78, 5) is 12.2. The molecule has 0 bridgehead atoms. The van der Waals surface area contributed by atoms with Gasteiger partial charge in [-0.2, -0.15) is 4.72 Å². The summed E-state index contributed by atoms with van der Waals surface area (Å²) in [6.45, 7) is 2.02. The summed E-state index contributed by atoms with van der Waals surface area (Å²) in [5.74, 6) is -1.21. The summed E-state index contributed by atoms with van der Waals surface area (Å²) in [5, 5.41) is 9.22. The molecule has 19 heavy (non-hydrogen) atoms. The first kappa shape index (κ1) is 14.4. The molecule has 1 fully saturated rings. The Labute approximate surface area is 115 Å². The van der Waals surface area contributed by atoms with E-state index < -0.39 is 21.5 Å². The van der Waals surface area contributed by atoms with Crippen LogP contribution in [0.4, 0.5) is 0 Å². The molecule has 1 unspecified atom stereocenters. The number of aryl methyl sites for hydroxylation is 1. The molecule has 1 aromatic rings. The summed E-state index contributed by atoms with van der Waals surface area (Å²) in [7, 11) is -3.83. The Kier molecular flexibility index (Phi) is 3.95. The molecule has 0 radical (unpaired) electrons. The third-order valence-corrected chi connectivity index (χ3v) is 6.27. The van der Waals surface area contributed by atoms with Crippen LogP contribution in [0.15, 0.2) is 16.3 Å². The van der Waals surface area contributed by atoms with E-state index in [-0.39, 0.29) is 23.8 Å². The molecule has 0 spiro atoms. The highest BCUT2D eigenvalue weighted by molar-refractivity contribution is 7.91. The van der Waals surface area contributed by atoms with Gasteiger partial charge in [-0.25, -0.2) is 8.42 Å². The molecule has 0 aromatic carbocycles. The van der Waals surface area contributed by atoms with Gasteiger partial charge in [0.05, 0.1) is 6.61 Å². The Morgan fingerprint density at radius 2 is 2.32 bits per heavy atom. The SMILES string of the molecule is CCc1ccc(S(=O)(=O)NC2(C(=O)O)CCOC2)s1. The number of carboxylic acids is 1. The number of thiophene rings is 1. The lowest BCUT2D eigenvalue weighted by molar-refractivity contribution is -0.144. The van der Waals surface area contributed by atoms with Gasteiger partial charge in [0.1, 0.15) is 4.21 Å². The van der Waals surface area contributed by atoms with Crippen molar-refractivity contribution in [1.29, 1.82) is 0 Å². The average Bonchev–Trinajstić information content (AvgIpc) is 2.96. The second kappa shape index (κ2) is 5.20. The molecule has 2 N–H and O–H groups in total. The summed E-state index contributed by atoms with van der Waals surface area (Å²) < 4.78 is 31.9. The maximum Gasteiger partial charge on any atom is 0.327 e. The average molecular weight is 305 g/mol. The molecule has 1 aliphatic heterocycles. The Morgan fingerprint density at radius 3 is 2.79 bits per heavy atom. The third-order valence-electron chi connectivity index (χ3n) is 3.01. The van der Waals surface area contributed by atoms with E-state index >= 15 is 0 Å². The standard InChI is InChI=1S/C11H15NO5S2/c1-2-8-3-4-9(18-8)19(15,16)12-11(10(13)14)5-6-17-7-11/h3-4,12H,2,5-7H2,1H3,(H,13,14). The number of ether oxygens (including phenoxy) is 1. The summed E-state index contributed by atoms with van der Waals surface area (Å²) >= 11 is 1.15. The predicted molar refractivity (Wildman–Crippen MR) is 69.8 cm³/mol. The Bertz CT molecular complexity index is 572. The molecule has 106 valence electrons. The fraction of sp³-hybridized carbons (Fsp3) is 0.545. The van der Waals surface area contributed by atoms with E-state index in [1.54, 1.807) is 6.07 Å². The van der Waals surface area contributed by atoms with Crippen molar-refractivity contribution in [1.82, 2.24) is 4.72 Å². The molecule has 0 aliphatic carbocycles. The molecule has 1 aliphatic rings. The summed E-state index contributed by atoms with van der Waals surface area (Å²) in [5.41, 5.74) is -1.55. The highest BCUT2D eigenvalue weighted by Crippen LogP contribution is 2.26. The van der Waals surface area contributed by atoms with Gasteiger partial charge in [-0.15, -0.1) is 11.3 Å². The molecule has 1 saturated heterocycles. The quantitative estimate of drug-likeness (QED) is 0.840. The van der Waals surface area contributed by atoms with E-state index in [9.17, 15) is 18.3 Å². The molecule has 2 heterocycles. The second-order valence-corrected chi connectivity index (χ2v) is 7.45. The van der Waals surface area contributed by atoms with Crippen LogP contribution in [0, 0.1) is 0 Å². The first-order valence-electron chi connectivity index (χ1n) is 5.83. The number of rotatable bonds is 5. The summed E-state index contributed by atoms with van der Waals surface area (Å²) in [6, 6.07) is 3.23. The highest BCUT2D eigenvalue weighted by atomic mass is 32.2. The molecular weight excluding hydrogens is 290 g/mol. The van der Waals surface area contributed by atoms with Crippen molar-refractivity contribution >= 4 is 27.3 Å². The Hall–Kier alpha value is -0.960. The molecule has 0 amide bonds. The third kappa shape index (κ3) is 2.81. The minimum Gasteiger partial charge on any atom is -0.480 e. The zero-order chi connectivity index (χ0) is 14.1. The number of carboxylic acid groups (broad SMARTS) is 1. The zero-order valence-corrected chi connectivity index (χ0v) is 12.0. The second-order valence-electron chi connectivity index (χ2n) is 4.37. The Morgan fingerprint density at radius 1 is 1.58 bits per heavy atom. The van der Waals surface area contributed by atoms with E-state index in [1.807, 2.05) is 6.92 Å². The van der Waals surface area contributed by atoms with Gasteiger partial charge in [-0.05, 0) is 18.6 Å². The molecule has 6 nitrogen and oxygen atoms in total. The van der Waals surface area contributed by atoms with Crippen LogP contribution < -0.4 is 4.72 Å². The van der Waals surface area contributed by atoms with Crippen LogP contribution in [0.2, 0.25) is 0 Å². The number of sulfonamides is 1. The van der Waals surface area contributed by atoms with Gasteiger partial charge in [-0.3, -0.25) is 4.79 Å². The van der Waals surface area contributed by atoms with Crippen LogP contribution in [0.25, 0.3) is 0 Å². The monoisotopic (exact) mass is 305 g/mol. The fourth-order valence-electron chi connectivity index (χ4n) is 1.86. The number of nitrogens with one attached hydrogen (secondary N) is 1. The molecule has 2 rings (SSSR count). The van der Waals surface area contributed by atoms with Crippen molar-refractivity contribution < 1.29 is 23.1 Å². The van der Waals surface area contributed by atoms with Crippen LogP contribution in [-0.4, -0.2) is 38.2 Å². The van der Waals surface area contributed by atoms with E-state index in [1.165, 1.54) is 6.07 Å². The summed E-state index contributed by atoms with van der Waals surface area (Å²) in [6.07, 6.45) is 0.876. The highest BCUT2D eigenvalue weighted by Gasteiger charge is 2.46. The lowest BCUT2D eigenvalue weighted by Crippen LogP contribution is -2.54. The van der Waals surface area contributed by atoms with E-state index in [2.05, 4.69) is 4.72 Å². The lowest BCUT2D eigenvalue weighted by Gasteiger charge is -2.22. The smallest absolute Gasteiger partial charge is 0.327 e. The zero-order valence-electron chi connectivity index (χ0n) is 10.4. The molecular formula is C11H15NO5S2. The minimum absolute atomic E-state index is 0.133. The van der Waals surface area contributed by atoms with Crippen LogP contribution in [-0.2, 0) is 26.0 Å². The van der Waals surface area contributed by atoms with Crippen molar-refractivity contribution in [2.45, 2.75) is 29.5 Å². The molecule has 0 saturated carbocycles. The van der Waals surface area contributed by atoms with Gasteiger partial charge in [0.15, 0.2) is 5.54 Å². The molecule has 1 aromatic heterocycles. The van der Waals surface area contributed by atoms with Crippen LogP contribution >= 0.6 is 11.3 Å². The Balaban J connectivity index is 2.27. The largest absolute Gasteiger partial charge is 0.480 e. The minimum atomic E-state index is -3.83. The van der Waals surface area contributed by atoms with Gasteiger partial charge in [0, 0.05) is 17.9 Å². The van der Waals surface area contributed by atoms with Gasteiger partial charge in [0.25, 0.3) is 10.0 Å². The van der Waals surface area contributed by atoms with E-state index in [0.29, 0.717) is 0 Å². The maximum absolute atomic E-state index is 12.2. The van der Waals surface area contributed by atoms with Gasteiger partial charge in [-0.1, -0.05) is 6.92 Å². The van der Waals surface area contributed by atoms with Crippen molar-refractivity contribution in [2.75, 3.05) is 13.2 Å². The van der Waals surface area contributed by atoms with Gasteiger partial charge in [0.2, 0.25) is 0 Å². The van der Waals surface area contributed by atoms with Crippen molar-refractivity contribution in [3.8, 4) is 0 Å². The molecule has 1 atom stereocenters. The van der Waals surface area contributed by atoms with Crippen molar-refractivity contribution in [3.05, 3.63) is 17.0 Å². The van der Waals surface area contributed by atoms with E-state index in [0.717, 1.165) is 22.6 Å². The number of carbonyl (C=O) groups is 1. The molecule has 8 heteroatoms. The van der Waals surface area contributed by atoms with Gasteiger partial charge >= 0.3 is 5.97 Å².